The molecule has 4 heteroatoms. The lowest BCUT2D eigenvalue weighted by atomic mass is 9.92. The largest absolute Gasteiger partial charge is 0.496 e. The average molecular weight is 266 g/mol. The van der Waals surface area contributed by atoms with Crippen molar-refractivity contribution in [3.8, 4) is 5.75 Å². The van der Waals surface area contributed by atoms with E-state index >= 15 is 0 Å². The minimum absolute atomic E-state index is 0.00565. The van der Waals surface area contributed by atoms with Crippen molar-refractivity contribution in [1.82, 2.24) is 4.90 Å². The first-order valence-corrected chi connectivity index (χ1v) is 6.86. The molecule has 2 N–H and O–H groups in total. The van der Waals surface area contributed by atoms with Gasteiger partial charge in [0.15, 0.2) is 0 Å². The Morgan fingerprint density at radius 3 is 2.84 bits per heavy atom. The van der Waals surface area contributed by atoms with Crippen LogP contribution in [0.15, 0.2) is 18.2 Å². The van der Waals surface area contributed by atoms with E-state index in [1.165, 1.54) is 6.07 Å². The standard InChI is InChI=1S/C15H23FN2O/c1-10-9-18(8-7-13(10)17)11(2)15-12(16)5-4-6-14(15)19-3/h4-6,10-11,13H,7-9,17H2,1-3H3. The molecule has 0 saturated carbocycles. The highest BCUT2D eigenvalue weighted by Crippen LogP contribution is 2.33. The third-order valence-electron chi connectivity index (χ3n) is 4.20. The van der Waals surface area contributed by atoms with E-state index in [1.807, 2.05) is 13.0 Å². The molecule has 3 nitrogen and oxygen atoms in total. The van der Waals surface area contributed by atoms with Crippen LogP contribution in [0, 0.1) is 11.7 Å². The highest BCUT2D eigenvalue weighted by atomic mass is 19.1. The van der Waals surface area contributed by atoms with Gasteiger partial charge < -0.3 is 10.5 Å². The highest BCUT2D eigenvalue weighted by molar-refractivity contribution is 5.37. The van der Waals surface area contributed by atoms with Gasteiger partial charge in [-0.2, -0.15) is 0 Å². The number of halogens is 1. The van der Waals surface area contributed by atoms with Crippen molar-refractivity contribution in [1.29, 1.82) is 0 Å². The third kappa shape index (κ3) is 2.90. The summed E-state index contributed by atoms with van der Waals surface area (Å²) in [6, 6.07) is 5.25. The number of benzene rings is 1. The van der Waals surface area contributed by atoms with Crippen LogP contribution in [-0.2, 0) is 0 Å². The van der Waals surface area contributed by atoms with Gasteiger partial charge in [-0.25, -0.2) is 4.39 Å². The zero-order chi connectivity index (χ0) is 14.0. The van der Waals surface area contributed by atoms with Crippen LogP contribution in [0.3, 0.4) is 0 Å². The summed E-state index contributed by atoms with van der Waals surface area (Å²) in [5.74, 6) is 0.860. The van der Waals surface area contributed by atoms with E-state index in [0.717, 1.165) is 19.5 Å². The molecule has 0 aliphatic carbocycles. The fraction of sp³-hybridized carbons (Fsp3) is 0.600. The molecular formula is C15H23FN2O. The number of rotatable bonds is 3. The molecule has 3 atom stereocenters. The zero-order valence-corrected chi connectivity index (χ0v) is 11.9. The minimum atomic E-state index is -0.200. The van der Waals surface area contributed by atoms with E-state index in [4.69, 9.17) is 10.5 Å². The van der Waals surface area contributed by atoms with Gasteiger partial charge in [-0.3, -0.25) is 4.90 Å². The van der Waals surface area contributed by atoms with Gasteiger partial charge >= 0.3 is 0 Å². The van der Waals surface area contributed by atoms with Crippen LogP contribution in [0.1, 0.15) is 31.9 Å². The second kappa shape index (κ2) is 5.88. The molecule has 19 heavy (non-hydrogen) atoms. The zero-order valence-electron chi connectivity index (χ0n) is 11.9. The van der Waals surface area contributed by atoms with Crippen molar-refractivity contribution >= 4 is 0 Å². The first-order valence-electron chi connectivity index (χ1n) is 6.86. The Hall–Kier alpha value is -1.13. The Labute approximate surface area is 114 Å². The lowest BCUT2D eigenvalue weighted by molar-refractivity contribution is 0.120. The van der Waals surface area contributed by atoms with Crippen LogP contribution in [0.2, 0.25) is 0 Å². The second-order valence-electron chi connectivity index (χ2n) is 5.46. The molecular weight excluding hydrogens is 243 g/mol. The van der Waals surface area contributed by atoms with E-state index < -0.39 is 0 Å². The highest BCUT2D eigenvalue weighted by Gasteiger charge is 2.29. The molecule has 1 aliphatic rings. The van der Waals surface area contributed by atoms with Crippen molar-refractivity contribution in [3.05, 3.63) is 29.6 Å². The lowest BCUT2D eigenvalue weighted by Crippen LogP contribution is -2.46. The molecule has 2 rings (SSSR count). The summed E-state index contributed by atoms with van der Waals surface area (Å²) in [7, 11) is 1.58. The fourth-order valence-electron chi connectivity index (χ4n) is 2.83. The molecule has 0 radical (unpaired) electrons. The predicted octanol–water partition coefficient (Wildman–Crippen LogP) is 2.56. The molecule has 106 valence electrons. The van der Waals surface area contributed by atoms with Gasteiger partial charge in [0.2, 0.25) is 0 Å². The Kier molecular flexibility index (Phi) is 4.42. The molecule has 1 aromatic carbocycles. The quantitative estimate of drug-likeness (QED) is 0.914. The van der Waals surface area contributed by atoms with Crippen LogP contribution in [0.5, 0.6) is 5.75 Å². The maximum Gasteiger partial charge on any atom is 0.131 e. The summed E-state index contributed by atoms with van der Waals surface area (Å²) in [4.78, 5) is 2.29. The maximum atomic E-state index is 14.1. The number of hydrogen-bond acceptors (Lipinski definition) is 3. The van der Waals surface area contributed by atoms with Gasteiger partial charge in [0.1, 0.15) is 11.6 Å². The van der Waals surface area contributed by atoms with E-state index in [0.29, 0.717) is 17.2 Å². The Balaban J connectivity index is 2.22. The predicted molar refractivity (Wildman–Crippen MR) is 74.7 cm³/mol. The van der Waals surface area contributed by atoms with Gasteiger partial charge in [0.25, 0.3) is 0 Å². The summed E-state index contributed by atoms with van der Waals surface area (Å²) in [6.07, 6.45) is 0.961. The van der Waals surface area contributed by atoms with Crippen molar-refractivity contribution in [2.75, 3.05) is 20.2 Å². The maximum absolute atomic E-state index is 14.1. The molecule has 1 heterocycles. The van der Waals surface area contributed by atoms with Gasteiger partial charge in [0.05, 0.1) is 7.11 Å². The number of ether oxygens (including phenoxy) is 1. The molecule has 0 bridgehead atoms. The molecule has 0 aromatic heterocycles. The lowest BCUT2D eigenvalue weighted by Gasteiger charge is -2.39. The Bertz CT molecular complexity index is 438. The molecule has 3 unspecified atom stereocenters. The van der Waals surface area contributed by atoms with Crippen molar-refractivity contribution in [2.24, 2.45) is 11.7 Å². The second-order valence-corrected chi connectivity index (χ2v) is 5.46. The topological polar surface area (TPSA) is 38.5 Å². The van der Waals surface area contributed by atoms with Crippen LogP contribution < -0.4 is 10.5 Å². The molecule has 1 fully saturated rings. The Morgan fingerprint density at radius 1 is 1.47 bits per heavy atom. The summed E-state index contributed by atoms with van der Waals surface area (Å²) in [6.45, 7) is 6.00. The van der Waals surface area contributed by atoms with Crippen molar-refractivity contribution in [2.45, 2.75) is 32.4 Å². The van der Waals surface area contributed by atoms with E-state index in [9.17, 15) is 4.39 Å². The van der Waals surface area contributed by atoms with E-state index in [2.05, 4.69) is 11.8 Å². The average Bonchev–Trinajstić information content (AvgIpc) is 2.40. The first kappa shape index (κ1) is 14.3. The number of nitrogens with two attached hydrogens (primary N) is 1. The molecule has 0 spiro atoms. The van der Waals surface area contributed by atoms with Crippen LogP contribution in [-0.4, -0.2) is 31.1 Å². The minimum Gasteiger partial charge on any atom is -0.496 e. The van der Waals surface area contributed by atoms with Crippen LogP contribution in [0.4, 0.5) is 4.39 Å². The number of piperidine rings is 1. The number of methoxy groups -OCH3 is 1. The smallest absolute Gasteiger partial charge is 0.131 e. The van der Waals surface area contributed by atoms with Gasteiger partial charge in [0, 0.05) is 30.7 Å². The van der Waals surface area contributed by atoms with Crippen LogP contribution in [0.25, 0.3) is 0 Å². The van der Waals surface area contributed by atoms with Crippen molar-refractivity contribution < 1.29 is 9.13 Å². The summed E-state index contributed by atoms with van der Waals surface area (Å²) >= 11 is 0. The first-order chi connectivity index (χ1) is 9.04. The van der Waals surface area contributed by atoms with Gasteiger partial charge in [-0.15, -0.1) is 0 Å². The number of nitrogens with zero attached hydrogens (tertiary/aromatic N) is 1. The molecule has 1 saturated heterocycles. The summed E-state index contributed by atoms with van der Waals surface area (Å²) < 4.78 is 19.4. The molecule has 1 aliphatic heterocycles. The summed E-state index contributed by atoms with van der Waals surface area (Å²) in [5.41, 5.74) is 6.69. The van der Waals surface area contributed by atoms with E-state index in [-0.39, 0.29) is 17.9 Å². The normalized spacial score (nSPS) is 26.2. The molecule has 0 amide bonds. The van der Waals surface area contributed by atoms with Gasteiger partial charge in [-0.05, 0) is 31.4 Å². The van der Waals surface area contributed by atoms with Crippen LogP contribution >= 0.6 is 0 Å². The monoisotopic (exact) mass is 266 g/mol. The SMILES string of the molecule is COc1cccc(F)c1C(C)N1CCC(N)C(C)C1. The number of likely N-dealkylation sites (tertiary alicyclic amines) is 1. The summed E-state index contributed by atoms with van der Waals surface area (Å²) in [5, 5.41) is 0. The Morgan fingerprint density at radius 2 is 2.21 bits per heavy atom. The van der Waals surface area contributed by atoms with E-state index in [1.54, 1.807) is 13.2 Å². The third-order valence-corrected chi connectivity index (χ3v) is 4.20. The van der Waals surface area contributed by atoms with Gasteiger partial charge in [-0.1, -0.05) is 13.0 Å². The number of hydrogen-bond donors (Lipinski definition) is 1. The van der Waals surface area contributed by atoms with Crippen molar-refractivity contribution in [3.63, 3.8) is 0 Å². The molecule has 1 aromatic rings. The fourth-order valence-corrected chi connectivity index (χ4v) is 2.83.